The topological polar surface area (TPSA) is 100 Å². The zero-order chi connectivity index (χ0) is 27.4. The second-order valence-corrected chi connectivity index (χ2v) is 13.4. The largest absolute Gasteiger partial charge is 0.379 e. The molecule has 0 radical (unpaired) electrons. The summed E-state index contributed by atoms with van der Waals surface area (Å²) in [5, 5.41) is 3.53. The van der Waals surface area contributed by atoms with Crippen LogP contribution in [0.2, 0.25) is 0 Å². The first-order valence-electron chi connectivity index (χ1n) is 15.9. The fraction of sp³-hybridized carbons (Fsp3) is 0.867. The first-order valence-corrected chi connectivity index (χ1v) is 15.9. The van der Waals surface area contributed by atoms with Gasteiger partial charge in [-0.3, -0.25) is 14.5 Å². The van der Waals surface area contributed by atoms with Gasteiger partial charge in [0.05, 0.1) is 49.1 Å². The molecule has 9 nitrogen and oxygen atoms in total. The number of ether oxygens (including phenoxy) is 2. The van der Waals surface area contributed by atoms with Crippen molar-refractivity contribution in [1.29, 1.82) is 0 Å². The van der Waals surface area contributed by atoms with E-state index in [2.05, 4.69) is 15.1 Å². The molecule has 10 heteroatoms. The molecule has 3 N–H and O–H groups in total. The van der Waals surface area contributed by atoms with Crippen LogP contribution in [0.5, 0.6) is 0 Å². The lowest BCUT2D eigenvalue weighted by Crippen LogP contribution is -2.73. The van der Waals surface area contributed by atoms with E-state index in [4.69, 9.17) is 15.2 Å². The van der Waals surface area contributed by atoms with E-state index in [1.54, 1.807) is 4.90 Å². The molecular formula is C30H46FN5O4. The zero-order valence-corrected chi connectivity index (χ0v) is 23.6. The van der Waals surface area contributed by atoms with Crippen LogP contribution in [0.4, 0.5) is 4.39 Å². The van der Waals surface area contributed by atoms with Crippen molar-refractivity contribution in [2.75, 3.05) is 52.5 Å². The van der Waals surface area contributed by atoms with Gasteiger partial charge in [0.25, 0.3) is 5.91 Å². The number of halogens is 1. The van der Waals surface area contributed by atoms with Crippen molar-refractivity contribution in [3.05, 3.63) is 11.8 Å². The van der Waals surface area contributed by atoms with Crippen LogP contribution in [0.1, 0.15) is 51.4 Å². The van der Waals surface area contributed by atoms with Gasteiger partial charge in [-0.2, -0.15) is 0 Å². The number of morpholine rings is 2. The van der Waals surface area contributed by atoms with Gasteiger partial charge in [-0.25, -0.2) is 4.39 Å². The smallest absolute Gasteiger partial charge is 0.259 e. The second kappa shape index (κ2) is 11.2. The van der Waals surface area contributed by atoms with Gasteiger partial charge in [0, 0.05) is 57.4 Å². The number of likely N-dealkylation sites (tertiary alicyclic amines) is 1. The van der Waals surface area contributed by atoms with Gasteiger partial charge in [0.15, 0.2) is 5.78 Å². The first-order chi connectivity index (χ1) is 19.5. The number of hydrogen-bond donors (Lipinski definition) is 2. The fourth-order valence-electron chi connectivity index (χ4n) is 9.04. The molecule has 6 fully saturated rings. The Bertz CT molecular complexity index is 1010. The number of Topliss-reactive ketones (excluding diaryl/α,β-unsaturated/α-hetero) is 1. The molecule has 10 atom stereocenters. The van der Waals surface area contributed by atoms with Crippen molar-refractivity contribution in [1.82, 2.24) is 20.0 Å². The van der Waals surface area contributed by atoms with E-state index in [1.807, 2.05) is 6.20 Å². The average Bonchev–Trinajstić information content (AvgIpc) is 3.41. The molecule has 3 saturated heterocycles. The summed E-state index contributed by atoms with van der Waals surface area (Å²) in [7, 11) is 0. The quantitative estimate of drug-likeness (QED) is 0.483. The molecular weight excluding hydrogens is 513 g/mol. The lowest BCUT2D eigenvalue weighted by atomic mass is 9.65. The number of nitrogens with two attached hydrogens (primary N) is 1. The number of carbonyl (C=O) groups is 2. The summed E-state index contributed by atoms with van der Waals surface area (Å²) in [5.41, 5.74) is 6.32. The summed E-state index contributed by atoms with van der Waals surface area (Å²) in [6.07, 6.45) is 8.18. The van der Waals surface area contributed by atoms with Crippen LogP contribution in [0.3, 0.4) is 0 Å². The Morgan fingerprint density at radius 2 is 1.85 bits per heavy atom. The Kier molecular flexibility index (Phi) is 7.66. The summed E-state index contributed by atoms with van der Waals surface area (Å²) in [6, 6.07) is -0.627. The number of nitrogens with one attached hydrogen (secondary N) is 1. The minimum Gasteiger partial charge on any atom is -0.379 e. The van der Waals surface area contributed by atoms with Crippen molar-refractivity contribution in [2.24, 2.45) is 23.5 Å². The fourth-order valence-corrected chi connectivity index (χ4v) is 9.04. The Morgan fingerprint density at radius 1 is 1.07 bits per heavy atom. The molecule has 0 aromatic rings. The van der Waals surface area contributed by atoms with Gasteiger partial charge in [0.1, 0.15) is 6.17 Å². The standard InChI is InChI=1S/C30H46FN5O4/c31-23-15-21-27-29(26(23)33-6-8-34-9-11-39-12-10-34)40-25-14-19-4-2-1-3-18(19)13-24(25)36(27)17-22(28(21)37)30(38)35-7-5-20(32)16-35/h17-21,23-27,29,33H,1-16,32H2/t18?,19?,20-,21?,23?,24?,25?,26?,27?,29?/m1/s1. The predicted octanol–water partition coefficient (Wildman–Crippen LogP) is 1.07. The van der Waals surface area contributed by atoms with E-state index in [9.17, 15) is 9.59 Å². The molecule has 222 valence electrons. The van der Waals surface area contributed by atoms with Crippen LogP contribution in [0.25, 0.3) is 0 Å². The van der Waals surface area contributed by atoms with E-state index >= 15 is 4.39 Å². The number of nitrogens with zero attached hydrogens (tertiary/aromatic N) is 3. The van der Waals surface area contributed by atoms with Gasteiger partial charge in [-0.05, 0) is 37.5 Å². The second-order valence-electron chi connectivity index (χ2n) is 13.4. The first kappa shape index (κ1) is 27.3. The highest BCUT2D eigenvalue weighted by Crippen LogP contribution is 2.50. The van der Waals surface area contributed by atoms with Crippen LogP contribution < -0.4 is 11.1 Å². The third kappa shape index (κ3) is 4.91. The van der Waals surface area contributed by atoms with Gasteiger partial charge in [0.2, 0.25) is 0 Å². The summed E-state index contributed by atoms with van der Waals surface area (Å²) in [6.45, 7) is 5.82. The van der Waals surface area contributed by atoms with Crippen molar-refractivity contribution < 1.29 is 23.5 Å². The molecule has 0 bridgehead atoms. The predicted molar refractivity (Wildman–Crippen MR) is 147 cm³/mol. The Balaban J connectivity index is 1.17. The van der Waals surface area contributed by atoms with Crippen LogP contribution in [-0.4, -0.2) is 121 Å². The number of rotatable bonds is 5. The highest BCUT2D eigenvalue weighted by atomic mass is 19.1. The normalized spacial score (nSPS) is 43.5. The third-order valence-corrected chi connectivity index (χ3v) is 11.1. The minimum atomic E-state index is -1.21. The summed E-state index contributed by atoms with van der Waals surface area (Å²) >= 11 is 0. The summed E-state index contributed by atoms with van der Waals surface area (Å²) < 4.78 is 28.4. The SMILES string of the molecule is N[C@@H]1CCN(C(=O)C2=CN3C4CC5CCCCC5CC4OC4C(NCCN5CCOCC5)C(F)CC(C2=O)C43)C1. The van der Waals surface area contributed by atoms with Crippen LogP contribution in [0, 0.1) is 17.8 Å². The molecule has 7 rings (SSSR count). The molecule has 0 spiro atoms. The van der Waals surface area contributed by atoms with E-state index in [0.717, 1.165) is 52.1 Å². The summed E-state index contributed by atoms with van der Waals surface area (Å²) in [5.74, 6) is 0.309. The Labute approximate surface area is 236 Å². The van der Waals surface area contributed by atoms with Crippen molar-refractivity contribution in [3.8, 4) is 0 Å². The molecule has 3 aliphatic carbocycles. The lowest BCUT2D eigenvalue weighted by Gasteiger charge is -2.61. The third-order valence-electron chi connectivity index (χ3n) is 11.1. The monoisotopic (exact) mass is 559 g/mol. The number of ketones is 1. The molecule has 9 unspecified atom stereocenters. The Morgan fingerprint density at radius 3 is 2.60 bits per heavy atom. The number of amides is 1. The van der Waals surface area contributed by atoms with Crippen molar-refractivity contribution in [3.63, 3.8) is 0 Å². The zero-order valence-electron chi connectivity index (χ0n) is 23.6. The van der Waals surface area contributed by atoms with E-state index in [-0.39, 0.29) is 47.9 Å². The van der Waals surface area contributed by atoms with Crippen LogP contribution >= 0.6 is 0 Å². The highest BCUT2D eigenvalue weighted by molar-refractivity contribution is 6.20. The average molecular weight is 560 g/mol. The number of carbonyl (C=O) groups excluding carboxylic acids is 2. The van der Waals surface area contributed by atoms with E-state index in [0.29, 0.717) is 31.5 Å². The molecule has 4 aliphatic heterocycles. The maximum atomic E-state index is 16.0. The molecule has 0 aromatic heterocycles. The van der Waals surface area contributed by atoms with Gasteiger partial charge in [-0.15, -0.1) is 0 Å². The van der Waals surface area contributed by atoms with Crippen LogP contribution in [-0.2, 0) is 19.1 Å². The van der Waals surface area contributed by atoms with Gasteiger partial charge < -0.3 is 30.3 Å². The maximum absolute atomic E-state index is 16.0. The summed E-state index contributed by atoms with van der Waals surface area (Å²) in [4.78, 5) is 33.9. The number of hydrogen-bond acceptors (Lipinski definition) is 8. The lowest BCUT2D eigenvalue weighted by molar-refractivity contribution is -0.208. The molecule has 7 aliphatic rings. The maximum Gasteiger partial charge on any atom is 0.259 e. The molecule has 40 heavy (non-hydrogen) atoms. The van der Waals surface area contributed by atoms with E-state index in [1.165, 1.54) is 25.7 Å². The Hall–Kier alpha value is -1.59. The van der Waals surface area contributed by atoms with Crippen LogP contribution in [0.15, 0.2) is 11.8 Å². The minimum absolute atomic E-state index is 0.00361. The highest BCUT2D eigenvalue weighted by Gasteiger charge is 2.59. The van der Waals surface area contributed by atoms with Crippen molar-refractivity contribution >= 4 is 11.7 Å². The molecule has 3 saturated carbocycles. The van der Waals surface area contributed by atoms with E-state index < -0.39 is 24.2 Å². The number of fused-ring (bicyclic) bond motifs is 3. The van der Waals surface area contributed by atoms with Crippen molar-refractivity contribution in [2.45, 2.75) is 93.9 Å². The van der Waals surface area contributed by atoms with Gasteiger partial charge >= 0.3 is 0 Å². The number of alkyl halides is 1. The molecule has 0 aromatic carbocycles. The molecule has 4 heterocycles. The van der Waals surface area contributed by atoms with Gasteiger partial charge in [-0.1, -0.05) is 25.7 Å². The molecule has 1 amide bonds.